The molecule has 142 valence electrons. The van der Waals surface area contributed by atoms with Crippen molar-refractivity contribution in [3.63, 3.8) is 0 Å². The van der Waals surface area contributed by atoms with E-state index in [2.05, 4.69) is 17.5 Å². The third-order valence-corrected chi connectivity index (χ3v) is 4.35. The number of rotatable bonds is 8. The molecule has 0 fully saturated rings. The van der Waals surface area contributed by atoms with E-state index in [1.807, 2.05) is 30.0 Å². The topological polar surface area (TPSA) is 79.9 Å². The molecule has 0 bridgehead atoms. The van der Waals surface area contributed by atoms with Gasteiger partial charge in [-0.15, -0.1) is 0 Å². The molecule has 0 saturated carbocycles. The summed E-state index contributed by atoms with van der Waals surface area (Å²) in [5.74, 6) is -0.240. The first-order valence-corrected chi connectivity index (χ1v) is 9.25. The van der Waals surface area contributed by atoms with Gasteiger partial charge in [-0.1, -0.05) is 23.7 Å². The number of nitrogens with zero attached hydrogens (tertiary/aromatic N) is 3. The fourth-order valence-corrected chi connectivity index (χ4v) is 2.89. The molecule has 1 N–H and O–H groups in total. The van der Waals surface area contributed by atoms with Gasteiger partial charge in [0.05, 0.1) is 25.0 Å². The molecule has 2 aromatic carbocycles. The number of benzene rings is 2. The van der Waals surface area contributed by atoms with Crippen LogP contribution in [-0.4, -0.2) is 19.0 Å². The van der Waals surface area contributed by atoms with Gasteiger partial charge in [-0.05, 0) is 54.5 Å². The first kappa shape index (κ1) is 21.0. The Hall–Kier alpha value is -3.28. The van der Waals surface area contributed by atoms with Crippen LogP contribution in [0.15, 0.2) is 48.5 Å². The van der Waals surface area contributed by atoms with Crippen LogP contribution in [0, 0.1) is 29.6 Å². The minimum absolute atomic E-state index is 0.240. The predicted octanol–water partition coefficient (Wildman–Crippen LogP) is 4.93. The van der Waals surface area contributed by atoms with Crippen LogP contribution in [0.5, 0.6) is 0 Å². The molecule has 0 unspecified atom stereocenters. The molecule has 6 heteroatoms. The van der Waals surface area contributed by atoms with E-state index < -0.39 is 0 Å². The van der Waals surface area contributed by atoms with Crippen molar-refractivity contribution >= 4 is 35.0 Å². The summed E-state index contributed by atoms with van der Waals surface area (Å²) in [5, 5.41) is 21.0. The number of nitrogens with one attached hydrogen (secondary N) is 1. The van der Waals surface area contributed by atoms with E-state index in [1.165, 1.54) is 6.08 Å². The van der Waals surface area contributed by atoms with Gasteiger partial charge in [-0.25, -0.2) is 0 Å². The summed E-state index contributed by atoms with van der Waals surface area (Å²) in [6.07, 6.45) is 4.03. The number of anilines is 2. The van der Waals surface area contributed by atoms with Gasteiger partial charge in [0.15, 0.2) is 0 Å². The zero-order valence-electron chi connectivity index (χ0n) is 15.7. The van der Waals surface area contributed by atoms with Crippen molar-refractivity contribution < 1.29 is 4.79 Å². The van der Waals surface area contributed by atoms with E-state index in [0.717, 1.165) is 16.8 Å². The number of aryl methyl sites for hydroxylation is 1. The number of carbonyl (C=O) groups is 1. The number of hydrogen-bond acceptors (Lipinski definition) is 4. The van der Waals surface area contributed by atoms with Gasteiger partial charge in [0, 0.05) is 35.6 Å². The molecule has 0 atom stereocenters. The van der Waals surface area contributed by atoms with Crippen molar-refractivity contribution in [3.8, 4) is 12.1 Å². The first-order valence-electron chi connectivity index (χ1n) is 8.87. The fraction of sp³-hybridized carbons (Fsp3) is 0.227. The maximum absolute atomic E-state index is 12.1. The molecule has 5 nitrogen and oxygen atoms in total. The Morgan fingerprint density at radius 2 is 1.86 bits per heavy atom. The van der Waals surface area contributed by atoms with Crippen molar-refractivity contribution in [1.29, 1.82) is 10.5 Å². The van der Waals surface area contributed by atoms with E-state index in [4.69, 9.17) is 22.1 Å². The second kappa shape index (κ2) is 10.8. The van der Waals surface area contributed by atoms with Crippen LogP contribution in [-0.2, 0) is 4.79 Å². The molecule has 0 aliphatic carbocycles. The van der Waals surface area contributed by atoms with Gasteiger partial charge in [0.2, 0.25) is 5.91 Å². The normalized spacial score (nSPS) is 10.3. The van der Waals surface area contributed by atoms with E-state index in [0.29, 0.717) is 36.6 Å². The van der Waals surface area contributed by atoms with Gasteiger partial charge >= 0.3 is 0 Å². The number of hydrogen-bond donors (Lipinski definition) is 1. The minimum atomic E-state index is -0.240. The Bertz CT molecular complexity index is 922. The highest BCUT2D eigenvalue weighted by atomic mass is 35.5. The van der Waals surface area contributed by atoms with Crippen LogP contribution >= 0.6 is 11.6 Å². The van der Waals surface area contributed by atoms with E-state index in [1.54, 1.807) is 30.3 Å². The summed E-state index contributed by atoms with van der Waals surface area (Å²) < 4.78 is 0. The van der Waals surface area contributed by atoms with Crippen LogP contribution in [0.1, 0.15) is 24.0 Å². The molecule has 0 aromatic heterocycles. The average molecular weight is 393 g/mol. The molecule has 0 heterocycles. The summed E-state index contributed by atoms with van der Waals surface area (Å²) in [6.45, 7) is 3.12. The highest BCUT2D eigenvalue weighted by molar-refractivity contribution is 6.30. The average Bonchev–Trinajstić information content (AvgIpc) is 2.67. The maximum atomic E-state index is 12.1. The van der Waals surface area contributed by atoms with E-state index in [-0.39, 0.29) is 5.91 Å². The lowest BCUT2D eigenvalue weighted by atomic mass is 10.1. The Morgan fingerprint density at radius 1 is 1.14 bits per heavy atom. The Labute approximate surface area is 170 Å². The first-order chi connectivity index (χ1) is 13.5. The smallest absolute Gasteiger partial charge is 0.248 e. The summed E-state index contributed by atoms with van der Waals surface area (Å²) >= 11 is 5.92. The Kier molecular flexibility index (Phi) is 8.09. The van der Waals surface area contributed by atoms with Gasteiger partial charge < -0.3 is 10.2 Å². The summed E-state index contributed by atoms with van der Waals surface area (Å²) in [5.41, 5.74) is 3.53. The largest absolute Gasteiger partial charge is 0.369 e. The van der Waals surface area contributed by atoms with Crippen LogP contribution in [0.2, 0.25) is 5.02 Å². The lowest BCUT2D eigenvalue weighted by molar-refractivity contribution is -0.111. The quantitative estimate of drug-likeness (QED) is 0.645. The van der Waals surface area contributed by atoms with Gasteiger partial charge in [-0.3, -0.25) is 4.79 Å². The number of amides is 1. The lowest BCUT2D eigenvalue weighted by Gasteiger charge is -2.23. The highest BCUT2D eigenvalue weighted by Crippen LogP contribution is 2.21. The van der Waals surface area contributed by atoms with Crippen LogP contribution in [0.3, 0.4) is 0 Å². The lowest BCUT2D eigenvalue weighted by Crippen LogP contribution is -2.25. The molecule has 28 heavy (non-hydrogen) atoms. The number of nitriles is 2. The summed E-state index contributed by atoms with van der Waals surface area (Å²) in [7, 11) is 0. The second-order valence-electron chi connectivity index (χ2n) is 6.18. The molecule has 0 aliphatic heterocycles. The molecule has 0 aliphatic rings. The van der Waals surface area contributed by atoms with Crippen molar-refractivity contribution in [1.82, 2.24) is 0 Å². The summed E-state index contributed by atoms with van der Waals surface area (Å²) in [6, 6.07) is 17.1. The standard InChI is InChI=1S/C22H21ClN4O/c1-17-15-21(27(13-3-11-24)14-4-12-25)9-7-18(17)8-10-22(28)26-20-6-2-5-19(23)16-20/h2,5-10,15-16H,3-4,13-14H2,1H3,(H,26,28)/b10-8-. The molecule has 0 radical (unpaired) electrons. The monoisotopic (exact) mass is 392 g/mol. The summed E-state index contributed by atoms with van der Waals surface area (Å²) in [4.78, 5) is 14.1. The Morgan fingerprint density at radius 3 is 2.46 bits per heavy atom. The predicted molar refractivity (Wildman–Crippen MR) is 113 cm³/mol. The van der Waals surface area contributed by atoms with Crippen LogP contribution in [0.4, 0.5) is 11.4 Å². The molecular weight excluding hydrogens is 372 g/mol. The SMILES string of the molecule is Cc1cc(N(CCC#N)CCC#N)ccc1/C=C\C(=O)Nc1cccc(Cl)c1. The molecule has 0 saturated heterocycles. The van der Waals surface area contributed by atoms with Crippen molar-refractivity contribution in [2.24, 2.45) is 0 Å². The van der Waals surface area contributed by atoms with E-state index >= 15 is 0 Å². The van der Waals surface area contributed by atoms with Gasteiger partial charge in [-0.2, -0.15) is 10.5 Å². The zero-order valence-corrected chi connectivity index (χ0v) is 16.4. The number of carbonyl (C=O) groups excluding carboxylic acids is 1. The molecule has 2 aromatic rings. The van der Waals surface area contributed by atoms with E-state index in [9.17, 15) is 4.79 Å². The molecule has 0 spiro atoms. The van der Waals surface area contributed by atoms with Gasteiger partial charge in [0.1, 0.15) is 0 Å². The molecule has 2 rings (SSSR count). The van der Waals surface area contributed by atoms with Crippen LogP contribution < -0.4 is 10.2 Å². The van der Waals surface area contributed by atoms with Crippen molar-refractivity contribution in [2.75, 3.05) is 23.3 Å². The minimum Gasteiger partial charge on any atom is -0.369 e. The highest BCUT2D eigenvalue weighted by Gasteiger charge is 2.08. The molecular formula is C22H21ClN4O. The Balaban J connectivity index is 2.08. The zero-order chi connectivity index (χ0) is 20.4. The fourth-order valence-electron chi connectivity index (χ4n) is 2.70. The molecule has 1 amide bonds. The van der Waals surface area contributed by atoms with Crippen LogP contribution in [0.25, 0.3) is 6.08 Å². The van der Waals surface area contributed by atoms with Crippen molar-refractivity contribution in [2.45, 2.75) is 19.8 Å². The number of halogens is 1. The maximum Gasteiger partial charge on any atom is 0.248 e. The third kappa shape index (κ3) is 6.46. The third-order valence-electron chi connectivity index (χ3n) is 4.11. The second-order valence-corrected chi connectivity index (χ2v) is 6.61. The van der Waals surface area contributed by atoms with Gasteiger partial charge in [0.25, 0.3) is 0 Å². The van der Waals surface area contributed by atoms with Crippen molar-refractivity contribution in [3.05, 3.63) is 64.7 Å².